The van der Waals surface area contributed by atoms with Gasteiger partial charge in [0.1, 0.15) is 0 Å². The summed E-state index contributed by atoms with van der Waals surface area (Å²) in [5.41, 5.74) is -3.61. The second-order valence-electron chi connectivity index (χ2n) is 2.68. The third-order valence-corrected chi connectivity index (χ3v) is 2.07. The molecule has 7 heteroatoms. The van der Waals surface area contributed by atoms with E-state index in [1.54, 1.807) is 18.3 Å². The van der Waals surface area contributed by atoms with E-state index in [1.807, 2.05) is 0 Å². The predicted octanol–water partition coefficient (Wildman–Crippen LogP) is 2.88. The van der Waals surface area contributed by atoms with Crippen LogP contribution in [0.1, 0.15) is 0 Å². The molecule has 0 amide bonds. The Morgan fingerprint density at radius 1 is 1.27 bits per heavy atom. The first-order valence-corrected chi connectivity index (χ1v) is 4.64. The summed E-state index contributed by atoms with van der Waals surface area (Å²) in [6.07, 6.45) is 2.93. The minimum absolute atomic E-state index is 0.105. The van der Waals surface area contributed by atoms with Gasteiger partial charge in [-0.3, -0.25) is 0 Å². The number of hydrogen-bond acceptors (Lipinski definition) is 3. The molecule has 0 radical (unpaired) electrons. The molecule has 0 bridgehead atoms. The molecule has 15 heavy (non-hydrogen) atoms. The van der Waals surface area contributed by atoms with Crippen LogP contribution in [0, 0.1) is 0 Å². The van der Waals surface area contributed by atoms with Crippen LogP contribution in [0.15, 0.2) is 30.6 Å². The quantitative estimate of drug-likeness (QED) is 0.747. The normalized spacial score (nSPS) is 11.9. The van der Waals surface area contributed by atoms with Gasteiger partial charge in [-0.1, -0.05) is 0 Å². The smallest absolute Gasteiger partial charge is 0.415 e. The second kappa shape index (κ2) is 3.65. The Hall–Kier alpha value is -1.37. The summed E-state index contributed by atoms with van der Waals surface area (Å²) >= 11 is -0.543. The summed E-state index contributed by atoms with van der Waals surface area (Å²) in [6, 6.07) is 4.82. The average Bonchev–Trinajstić information content (AvgIpc) is 2.60. The van der Waals surface area contributed by atoms with Crippen LogP contribution < -0.4 is 4.18 Å². The molecule has 0 fully saturated rings. The Labute approximate surface area is 87.0 Å². The summed E-state index contributed by atoms with van der Waals surface area (Å²) in [5, 5.41) is 3.87. The van der Waals surface area contributed by atoms with Gasteiger partial charge in [0.05, 0.1) is 11.7 Å². The minimum atomic E-state index is -4.40. The summed E-state index contributed by atoms with van der Waals surface area (Å²) in [5.74, 6) is 0.105. The molecule has 0 atom stereocenters. The van der Waals surface area contributed by atoms with Crippen molar-refractivity contribution in [3.05, 3.63) is 30.6 Å². The van der Waals surface area contributed by atoms with Gasteiger partial charge in [-0.05, 0) is 18.2 Å². The number of halogens is 3. The fourth-order valence-electron chi connectivity index (χ4n) is 1.04. The van der Waals surface area contributed by atoms with Crippen molar-refractivity contribution in [3.8, 4) is 5.75 Å². The molecule has 0 N–H and O–H groups in total. The summed E-state index contributed by atoms with van der Waals surface area (Å²) in [7, 11) is 0. The maximum atomic E-state index is 11.8. The first-order chi connectivity index (χ1) is 7.04. The third kappa shape index (κ3) is 2.56. The molecule has 0 aromatic carbocycles. The van der Waals surface area contributed by atoms with Crippen molar-refractivity contribution < 1.29 is 17.4 Å². The average molecular weight is 234 g/mol. The molecule has 2 aromatic rings. The topological polar surface area (TPSA) is 26.5 Å². The Kier molecular flexibility index (Phi) is 2.47. The van der Waals surface area contributed by atoms with Crippen molar-refractivity contribution in [2.75, 3.05) is 0 Å². The largest absolute Gasteiger partial charge is 0.479 e. The monoisotopic (exact) mass is 234 g/mol. The molecule has 2 heterocycles. The first-order valence-electron chi connectivity index (χ1n) is 3.90. The van der Waals surface area contributed by atoms with E-state index in [0.717, 1.165) is 5.52 Å². The van der Waals surface area contributed by atoms with Gasteiger partial charge in [0.2, 0.25) is 0 Å². The fourth-order valence-corrected chi connectivity index (χ4v) is 1.33. The van der Waals surface area contributed by atoms with Gasteiger partial charge in [-0.15, -0.1) is 0 Å². The molecule has 0 saturated carbocycles. The van der Waals surface area contributed by atoms with Gasteiger partial charge < -0.3 is 4.18 Å². The SMILES string of the molecule is FC(F)(F)SOc1ccc2ccnn2c1. The fraction of sp³-hybridized carbons (Fsp3) is 0.125. The lowest BCUT2D eigenvalue weighted by atomic mass is 10.4. The highest BCUT2D eigenvalue weighted by atomic mass is 32.2. The molecule has 0 saturated heterocycles. The highest BCUT2D eigenvalue weighted by Crippen LogP contribution is 2.32. The number of alkyl halides is 3. The molecule has 0 unspecified atom stereocenters. The van der Waals surface area contributed by atoms with E-state index in [4.69, 9.17) is 0 Å². The third-order valence-electron chi connectivity index (χ3n) is 1.60. The predicted molar refractivity (Wildman–Crippen MR) is 49.5 cm³/mol. The molecule has 80 valence electrons. The van der Waals surface area contributed by atoms with Gasteiger partial charge in [0.25, 0.3) is 0 Å². The van der Waals surface area contributed by atoms with Gasteiger partial charge in [-0.25, -0.2) is 4.52 Å². The van der Waals surface area contributed by atoms with Crippen molar-refractivity contribution in [2.45, 2.75) is 5.51 Å². The lowest BCUT2D eigenvalue weighted by Crippen LogP contribution is -2.03. The van der Waals surface area contributed by atoms with E-state index in [9.17, 15) is 13.2 Å². The number of fused-ring (bicyclic) bond motifs is 1. The number of hydrogen-bond donors (Lipinski definition) is 0. The summed E-state index contributed by atoms with van der Waals surface area (Å²) in [6.45, 7) is 0. The van der Waals surface area contributed by atoms with E-state index < -0.39 is 17.6 Å². The number of nitrogens with zero attached hydrogens (tertiary/aromatic N) is 2. The summed E-state index contributed by atoms with van der Waals surface area (Å²) < 4.78 is 41.3. The maximum Gasteiger partial charge on any atom is 0.479 e. The van der Waals surface area contributed by atoms with Crippen LogP contribution in [-0.2, 0) is 0 Å². The van der Waals surface area contributed by atoms with E-state index in [1.165, 1.54) is 16.8 Å². The molecule has 0 aliphatic heterocycles. The molecular weight excluding hydrogens is 229 g/mol. The van der Waals surface area contributed by atoms with Crippen molar-refractivity contribution in [3.63, 3.8) is 0 Å². The van der Waals surface area contributed by atoms with Crippen molar-refractivity contribution >= 4 is 17.6 Å². The van der Waals surface area contributed by atoms with Crippen LogP contribution in [0.5, 0.6) is 5.75 Å². The lowest BCUT2D eigenvalue weighted by molar-refractivity contribution is -0.0369. The van der Waals surface area contributed by atoms with Crippen LogP contribution in [0.3, 0.4) is 0 Å². The highest BCUT2D eigenvalue weighted by molar-refractivity contribution is 7.95. The standard InChI is InChI=1S/C8H5F3N2OS/c9-8(10,11)15-14-7-2-1-6-3-4-12-13(6)5-7/h1-5H. The minimum Gasteiger partial charge on any atom is -0.415 e. The van der Waals surface area contributed by atoms with Crippen molar-refractivity contribution in [1.82, 2.24) is 9.61 Å². The van der Waals surface area contributed by atoms with E-state index in [2.05, 4.69) is 9.28 Å². The van der Waals surface area contributed by atoms with E-state index in [-0.39, 0.29) is 5.75 Å². The van der Waals surface area contributed by atoms with Crippen LogP contribution in [0.2, 0.25) is 0 Å². The molecule has 0 aliphatic rings. The molecule has 0 aliphatic carbocycles. The summed E-state index contributed by atoms with van der Waals surface area (Å²) in [4.78, 5) is 0. The molecule has 2 rings (SSSR count). The second-order valence-corrected chi connectivity index (χ2v) is 3.47. The van der Waals surface area contributed by atoms with Crippen LogP contribution in [0.4, 0.5) is 13.2 Å². The zero-order valence-corrected chi connectivity index (χ0v) is 8.05. The first kappa shape index (κ1) is 10.2. The Morgan fingerprint density at radius 2 is 2.07 bits per heavy atom. The zero-order chi connectivity index (χ0) is 10.9. The highest BCUT2D eigenvalue weighted by Gasteiger charge is 2.31. The van der Waals surface area contributed by atoms with Gasteiger partial charge in [0, 0.05) is 6.20 Å². The molecular formula is C8H5F3N2OS. The van der Waals surface area contributed by atoms with Crippen molar-refractivity contribution in [2.24, 2.45) is 0 Å². The molecule has 3 nitrogen and oxygen atoms in total. The van der Waals surface area contributed by atoms with Gasteiger partial charge in [-0.2, -0.15) is 18.3 Å². The van der Waals surface area contributed by atoms with E-state index >= 15 is 0 Å². The maximum absolute atomic E-state index is 11.8. The molecule has 0 spiro atoms. The molecule has 2 aromatic heterocycles. The Balaban J connectivity index is 2.15. The van der Waals surface area contributed by atoms with Gasteiger partial charge in [0.15, 0.2) is 17.8 Å². The number of pyridine rings is 1. The van der Waals surface area contributed by atoms with Gasteiger partial charge >= 0.3 is 5.51 Å². The zero-order valence-electron chi connectivity index (χ0n) is 7.23. The van der Waals surface area contributed by atoms with Crippen LogP contribution in [0.25, 0.3) is 5.52 Å². The van der Waals surface area contributed by atoms with Crippen LogP contribution >= 0.6 is 12.0 Å². The Bertz CT molecular complexity index is 468. The number of rotatable bonds is 2. The van der Waals surface area contributed by atoms with Crippen molar-refractivity contribution in [1.29, 1.82) is 0 Å². The van der Waals surface area contributed by atoms with E-state index in [0.29, 0.717) is 0 Å². The number of aromatic nitrogens is 2. The lowest BCUT2D eigenvalue weighted by Gasteiger charge is -2.06. The van der Waals surface area contributed by atoms with Crippen LogP contribution in [-0.4, -0.2) is 15.1 Å². The Morgan fingerprint density at radius 3 is 2.80 bits per heavy atom.